The van der Waals surface area contributed by atoms with Crippen molar-refractivity contribution in [2.24, 2.45) is 5.92 Å². The number of anilines is 1. The fourth-order valence-electron chi connectivity index (χ4n) is 3.98. The SMILES string of the molecule is CC(C)CC(CCc1cccc2[nH]nc(N)c12)N1CCCCC1. The van der Waals surface area contributed by atoms with Gasteiger partial charge >= 0.3 is 0 Å². The standard InChI is InChI=1S/C19H30N4/c1-14(2)13-16(23-11-4-3-5-12-23)10-9-15-7-6-8-17-18(15)19(20)22-21-17/h6-8,14,16H,3-5,9-13H2,1-2H3,(H3,20,21,22). The molecule has 1 aromatic heterocycles. The van der Waals surface area contributed by atoms with Gasteiger partial charge in [-0.3, -0.25) is 5.10 Å². The van der Waals surface area contributed by atoms with Gasteiger partial charge < -0.3 is 10.6 Å². The second kappa shape index (κ2) is 7.35. The lowest BCUT2D eigenvalue weighted by molar-refractivity contribution is 0.137. The number of aryl methyl sites for hydroxylation is 1. The Labute approximate surface area is 139 Å². The van der Waals surface area contributed by atoms with Crippen LogP contribution >= 0.6 is 0 Å². The molecule has 1 unspecified atom stereocenters. The van der Waals surface area contributed by atoms with Crippen molar-refractivity contribution >= 4 is 16.7 Å². The molecule has 4 nitrogen and oxygen atoms in total. The molecule has 3 rings (SSSR count). The third-order valence-corrected chi connectivity index (χ3v) is 5.10. The van der Waals surface area contributed by atoms with Crippen LogP contribution in [0.5, 0.6) is 0 Å². The molecule has 0 bridgehead atoms. The molecule has 1 fully saturated rings. The molecule has 0 aliphatic carbocycles. The van der Waals surface area contributed by atoms with E-state index in [1.165, 1.54) is 50.8 Å². The zero-order chi connectivity index (χ0) is 16.2. The molecule has 23 heavy (non-hydrogen) atoms. The third kappa shape index (κ3) is 3.86. The van der Waals surface area contributed by atoms with Gasteiger partial charge in [0.2, 0.25) is 0 Å². The fourth-order valence-corrected chi connectivity index (χ4v) is 3.98. The van der Waals surface area contributed by atoms with Gasteiger partial charge in [0.25, 0.3) is 0 Å². The minimum Gasteiger partial charge on any atom is -0.382 e. The van der Waals surface area contributed by atoms with Crippen LogP contribution in [0.1, 0.15) is 51.5 Å². The highest BCUT2D eigenvalue weighted by Gasteiger charge is 2.22. The molecule has 2 heterocycles. The van der Waals surface area contributed by atoms with Gasteiger partial charge in [-0.25, -0.2) is 0 Å². The van der Waals surface area contributed by atoms with E-state index in [0.29, 0.717) is 11.9 Å². The fraction of sp³-hybridized carbons (Fsp3) is 0.632. The summed E-state index contributed by atoms with van der Waals surface area (Å²) in [7, 11) is 0. The highest BCUT2D eigenvalue weighted by Crippen LogP contribution is 2.26. The average Bonchev–Trinajstić information content (AvgIpc) is 2.94. The van der Waals surface area contributed by atoms with Crippen LogP contribution in [0.15, 0.2) is 18.2 Å². The van der Waals surface area contributed by atoms with Crippen molar-refractivity contribution in [3.05, 3.63) is 23.8 Å². The average molecular weight is 314 g/mol. The van der Waals surface area contributed by atoms with Gasteiger partial charge in [-0.1, -0.05) is 32.4 Å². The zero-order valence-electron chi connectivity index (χ0n) is 14.5. The van der Waals surface area contributed by atoms with Crippen molar-refractivity contribution in [3.8, 4) is 0 Å². The number of fused-ring (bicyclic) bond motifs is 1. The van der Waals surface area contributed by atoms with Crippen molar-refractivity contribution in [2.45, 2.75) is 58.4 Å². The van der Waals surface area contributed by atoms with Crippen molar-refractivity contribution < 1.29 is 0 Å². The lowest BCUT2D eigenvalue weighted by Crippen LogP contribution is -2.40. The Kier molecular flexibility index (Phi) is 5.21. The lowest BCUT2D eigenvalue weighted by atomic mass is 9.93. The van der Waals surface area contributed by atoms with Crippen molar-refractivity contribution in [1.82, 2.24) is 15.1 Å². The predicted octanol–water partition coefficient (Wildman–Crippen LogP) is 3.98. The number of nitrogen functional groups attached to an aromatic ring is 1. The van der Waals surface area contributed by atoms with Crippen LogP contribution in [0, 0.1) is 5.92 Å². The molecular formula is C19H30N4. The molecule has 126 valence electrons. The Morgan fingerprint density at radius 2 is 2.00 bits per heavy atom. The second-order valence-electron chi connectivity index (χ2n) is 7.37. The number of benzene rings is 1. The van der Waals surface area contributed by atoms with Crippen LogP contribution < -0.4 is 5.73 Å². The Balaban J connectivity index is 1.73. The number of rotatable bonds is 6. The van der Waals surface area contributed by atoms with Crippen LogP contribution in [0.4, 0.5) is 5.82 Å². The largest absolute Gasteiger partial charge is 0.382 e. The number of H-pyrrole nitrogens is 1. The summed E-state index contributed by atoms with van der Waals surface area (Å²) in [5.74, 6) is 1.38. The highest BCUT2D eigenvalue weighted by atomic mass is 15.2. The van der Waals surface area contributed by atoms with E-state index in [2.05, 4.69) is 47.1 Å². The molecule has 1 aliphatic rings. The first kappa shape index (κ1) is 16.3. The van der Waals surface area contributed by atoms with Crippen molar-refractivity contribution in [2.75, 3.05) is 18.8 Å². The van der Waals surface area contributed by atoms with Crippen molar-refractivity contribution in [1.29, 1.82) is 0 Å². The maximum Gasteiger partial charge on any atom is 0.153 e. The molecule has 0 radical (unpaired) electrons. The molecule has 1 atom stereocenters. The lowest BCUT2D eigenvalue weighted by Gasteiger charge is -2.35. The number of piperidine rings is 1. The molecule has 1 aliphatic heterocycles. The summed E-state index contributed by atoms with van der Waals surface area (Å²) >= 11 is 0. The van der Waals surface area contributed by atoms with E-state index in [9.17, 15) is 0 Å². The number of aromatic nitrogens is 2. The Bertz CT molecular complexity index is 625. The van der Waals surface area contributed by atoms with Gasteiger partial charge in [0.15, 0.2) is 5.82 Å². The summed E-state index contributed by atoms with van der Waals surface area (Å²) in [5.41, 5.74) is 8.44. The molecule has 2 aromatic rings. The van der Waals surface area contributed by atoms with Gasteiger partial charge in [0.05, 0.1) is 5.52 Å². The smallest absolute Gasteiger partial charge is 0.153 e. The molecule has 1 saturated heterocycles. The van der Waals surface area contributed by atoms with Crippen LogP contribution in [0.3, 0.4) is 0 Å². The Morgan fingerprint density at radius 3 is 2.74 bits per heavy atom. The summed E-state index contributed by atoms with van der Waals surface area (Å²) < 4.78 is 0. The summed E-state index contributed by atoms with van der Waals surface area (Å²) in [6.07, 6.45) is 7.70. The number of nitrogens with one attached hydrogen (secondary N) is 1. The quantitative estimate of drug-likeness (QED) is 0.848. The first-order valence-electron chi connectivity index (χ1n) is 9.10. The van der Waals surface area contributed by atoms with E-state index in [1.807, 2.05) is 0 Å². The summed E-state index contributed by atoms with van der Waals surface area (Å²) in [4.78, 5) is 2.72. The van der Waals surface area contributed by atoms with Gasteiger partial charge in [0, 0.05) is 11.4 Å². The monoisotopic (exact) mass is 314 g/mol. The number of nitrogens with zero attached hydrogens (tertiary/aromatic N) is 2. The highest BCUT2D eigenvalue weighted by molar-refractivity contribution is 5.91. The third-order valence-electron chi connectivity index (χ3n) is 5.10. The second-order valence-corrected chi connectivity index (χ2v) is 7.37. The van der Waals surface area contributed by atoms with Crippen molar-refractivity contribution in [3.63, 3.8) is 0 Å². The van der Waals surface area contributed by atoms with Gasteiger partial charge in [-0.05, 0) is 62.7 Å². The van der Waals surface area contributed by atoms with Crippen LogP contribution in [0.25, 0.3) is 10.9 Å². The summed E-state index contributed by atoms with van der Waals surface area (Å²) in [5, 5.41) is 8.31. The van der Waals surface area contributed by atoms with Crippen LogP contribution in [-0.4, -0.2) is 34.2 Å². The zero-order valence-corrected chi connectivity index (χ0v) is 14.5. The number of likely N-dealkylation sites (tertiary alicyclic amines) is 1. The van der Waals surface area contributed by atoms with Crippen LogP contribution in [-0.2, 0) is 6.42 Å². The Morgan fingerprint density at radius 1 is 1.22 bits per heavy atom. The molecular weight excluding hydrogens is 284 g/mol. The van der Waals surface area contributed by atoms with E-state index in [1.54, 1.807) is 0 Å². The Hall–Kier alpha value is -1.55. The maximum atomic E-state index is 6.05. The topological polar surface area (TPSA) is 57.9 Å². The molecule has 1 aromatic carbocycles. The van der Waals surface area contributed by atoms with Gasteiger partial charge in [0.1, 0.15) is 0 Å². The molecule has 0 saturated carbocycles. The van der Waals surface area contributed by atoms with E-state index < -0.39 is 0 Å². The summed E-state index contributed by atoms with van der Waals surface area (Å²) in [6.45, 7) is 7.22. The minimum absolute atomic E-state index is 0.633. The maximum absolute atomic E-state index is 6.05. The number of hydrogen-bond acceptors (Lipinski definition) is 3. The minimum atomic E-state index is 0.633. The van der Waals surface area contributed by atoms with Crippen LogP contribution in [0.2, 0.25) is 0 Å². The first-order chi connectivity index (χ1) is 11.1. The van der Waals surface area contributed by atoms with E-state index in [-0.39, 0.29) is 0 Å². The first-order valence-corrected chi connectivity index (χ1v) is 9.10. The molecule has 0 amide bonds. The van der Waals surface area contributed by atoms with Gasteiger partial charge in [-0.15, -0.1) is 0 Å². The number of aromatic amines is 1. The van der Waals surface area contributed by atoms with E-state index >= 15 is 0 Å². The summed E-state index contributed by atoms with van der Waals surface area (Å²) in [6, 6.07) is 7.06. The van der Waals surface area contributed by atoms with Gasteiger partial charge in [-0.2, -0.15) is 5.10 Å². The number of hydrogen-bond donors (Lipinski definition) is 2. The molecule has 3 N–H and O–H groups in total. The predicted molar refractivity (Wildman–Crippen MR) is 97.5 cm³/mol. The van der Waals surface area contributed by atoms with E-state index in [4.69, 9.17) is 5.73 Å². The molecule has 4 heteroatoms. The molecule has 0 spiro atoms. The number of nitrogens with two attached hydrogens (primary N) is 1. The van der Waals surface area contributed by atoms with E-state index in [0.717, 1.165) is 23.2 Å². The normalized spacial score (nSPS) is 17.9.